The van der Waals surface area contributed by atoms with Crippen LogP contribution in [0.15, 0.2) is 60.8 Å². The van der Waals surface area contributed by atoms with Crippen molar-refractivity contribution in [1.29, 1.82) is 0 Å². The Morgan fingerprint density at radius 2 is 1.77 bits per heavy atom. The molecule has 0 unspecified atom stereocenters. The van der Waals surface area contributed by atoms with E-state index in [1.54, 1.807) is 19.0 Å². The van der Waals surface area contributed by atoms with Gasteiger partial charge in [-0.25, -0.2) is 0 Å². The lowest BCUT2D eigenvalue weighted by atomic mass is 10.0. The van der Waals surface area contributed by atoms with Crippen LogP contribution in [0.2, 0.25) is 0 Å². The van der Waals surface area contributed by atoms with Crippen molar-refractivity contribution in [3.05, 3.63) is 66.4 Å². The third-order valence-corrected chi connectivity index (χ3v) is 6.05. The Balaban J connectivity index is 1.28. The third kappa shape index (κ3) is 4.51. The van der Waals surface area contributed by atoms with Gasteiger partial charge < -0.3 is 19.7 Å². The van der Waals surface area contributed by atoms with E-state index in [0.29, 0.717) is 12.1 Å². The molecule has 5 heteroatoms. The van der Waals surface area contributed by atoms with Crippen LogP contribution < -0.4 is 10.2 Å². The average Bonchev–Trinajstić information content (AvgIpc) is 3.16. The van der Waals surface area contributed by atoms with Gasteiger partial charge >= 0.3 is 0 Å². The lowest BCUT2D eigenvalue weighted by Crippen LogP contribution is -2.46. The summed E-state index contributed by atoms with van der Waals surface area (Å²) in [5.74, 6) is 0.0499. The largest absolute Gasteiger partial charge is 0.371 e. The SMILES string of the molecule is C[C@H](Cn1ccc2ccccc21)NC1CCN(c2ccc(C(=O)N(C)C)cc2)CC1. The number of rotatable bonds is 6. The van der Waals surface area contributed by atoms with E-state index in [1.807, 2.05) is 12.1 Å². The highest BCUT2D eigenvalue weighted by Gasteiger charge is 2.21. The van der Waals surface area contributed by atoms with E-state index in [9.17, 15) is 4.79 Å². The monoisotopic (exact) mass is 404 g/mol. The van der Waals surface area contributed by atoms with E-state index in [0.717, 1.165) is 38.0 Å². The van der Waals surface area contributed by atoms with Crippen molar-refractivity contribution in [3.63, 3.8) is 0 Å². The topological polar surface area (TPSA) is 40.5 Å². The van der Waals surface area contributed by atoms with Gasteiger partial charge in [0.05, 0.1) is 0 Å². The maximum absolute atomic E-state index is 12.1. The minimum atomic E-state index is 0.0499. The smallest absolute Gasteiger partial charge is 0.253 e. The van der Waals surface area contributed by atoms with E-state index < -0.39 is 0 Å². The zero-order chi connectivity index (χ0) is 21.1. The number of amides is 1. The molecule has 1 N–H and O–H groups in total. The van der Waals surface area contributed by atoms with Crippen molar-refractivity contribution in [1.82, 2.24) is 14.8 Å². The van der Waals surface area contributed by atoms with Crippen LogP contribution in [-0.4, -0.2) is 54.6 Å². The summed E-state index contributed by atoms with van der Waals surface area (Å²) in [5.41, 5.74) is 3.25. The molecule has 0 bridgehead atoms. The summed E-state index contributed by atoms with van der Waals surface area (Å²) in [6, 6.07) is 19.7. The molecule has 1 atom stereocenters. The van der Waals surface area contributed by atoms with Crippen LogP contribution in [0.25, 0.3) is 10.9 Å². The van der Waals surface area contributed by atoms with Gasteiger partial charge in [-0.05, 0) is 61.5 Å². The van der Waals surface area contributed by atoms with Gasteiger partial charge in [0.1, 0.15) is 0 Å². The molecule has 3 aromatic rings. The lowest BCUT2D eigenvalue weighted by molar-refractivity contribution is 0.0827. The summed E-state index contributed by atoms with van der Waals surface area (Å²) in [6.07, 6.45) is 4.46. The van der Waals surface area contributed by atoms with E-state index in [-0.39, 0.29) is 5.91 Å². The minimum absolute atomic E-state index is 0.0499. The van der Waals surface area contributed by atoms with Crippen LogP contribution >= 0.6 is 0 Å². The van der Waals surface area contributed by atoms with Gasteiger partial charge in [0.15, 0.2) is 0 Å². The van der Waals surface area contributed by atoms with Crippen molar-refractivity contribution < 1.29 is 4.79 Å². The van der Waals surface area contributed by atoms with Crippen LogP contribution in [0.5, 0.6) is 0 Å². The fraction of sp³-hybridized carbons (Fsp3) is 0.400. The highest BCUT2D eigenvalue weighted by Crippen LogP contribution is 2.22. The fourth-order valence-electron chi connectivity index (χ4n) is 4.43. The molecular weight excluding hydrogens is 372 g/mol. The van der Waals surface area contributed by atoms with E-state index in [1.165, 1.54) is 16.6 Å². The first-order valence-corrected chi connectivity index (χ1v) is 10.9. The molecule has 4 rings (SSSR count). The van der Waals surface area contributed by atoms with Gasteiger partial charge in [-0.15, -0.1) is 0 Å². The van der Waals surface area contributed by atoms with Crippen molar-refractivity contribution >= 4 is 22.5 Å². The Morgan fingerprint density at radius 1 is 1.07 bits per heavy atom. The summed E-state index contributed by atoms with van der Waals surface area (Å²) >= 11 is 0. The molecule has 1 aromatic heterocycles. The summed E-state index contributed by atoms with van der Waals surface area (Å²) in [7, 11) is 3.57. The number of carbonyl (C=O) groups excluding carboxylic acids is 1. The average molecular weight is 405 g/mol. The molecule has 158 valence electrons. The minimum Gasteiger partial charge on any atom is -0.371 e. The van der Waals surface area contributed by atoms with Crippen LogP contribution in [0, 0.1) is 0 Å². The highest BCUT2D eigenvalue weighted by molar-refractivity contribution is 5.94. The second-order valence-electron chi connectivity index (χ2n) is 8.60. The van der Waals surface area contributed by atoms with E-state index >= 15 is 0 Å². The van der Waals surface area contributed by atoms with Gasteiger partial charge in [0.2, 0.25) is 0 Å². The Bertz CT molecular complexity index is 984. The molecule has 5 nitrogen and oxygen atoms in total. The molecule has 0 spiro atoms. The third-order valence-electron chi connectivity index (χ3n) is 6.05. The van der Waals surface area contributed by atoms with Crippen LogP contribution in [0.3, 0.4) is 0 Å². The zero-order valence-electron chi connectivity index (χ0n) is 18.2. The number of hydrogen-bond donors (Lipinski definition) is 1. The van der Waals surface area contributed by atoms with Crippen molar-refractivity contribution in [2.45, 2.75) is 38.4 Å². The molecule has 0 aliphatic carbocycles. The van der Waals surface area contributed by atoms with Crippen LogP contribution in [0.4, 0.5) is 5.69 Å². The predicted octanol–water partition coefficient (Wildman–Crippen LogP) is 3.99. The second-order valence-corrected chi connectivity index (χ2v) is 8.60. The number of benzene rings is 2. The van der Waals surface area contributed by atoms with Gasteiger partial charge in [-0.1, -0.05) is 18.2 Å². The molecule has 1 aliphatic heterocycles. The Hall–Kier alpha value is -2.79. The Labute approximate surface area is 179 Å². The summed E-state index contributed by atoms with van der Waals surface area (Å²) in [4.78, 5) is 16.1. The van der Waals surface area contributed by atoms with Crippen molar-refractivity contribution in [3.8, 4) is 0 Å². The molecule has 1 aliphatic rings. The summed E-state index contributed by atoms with van der Waals surface area (Å²) < 4.78 is 2.35. The molecule has 2 heterocycles. The first-order chi connectivity index (χ1) is 14.5. The van der Waals surface area contributed by atoms with E-state index in [4.69, 9.17) is 0 Å². The quantitative estimate of drug-likeness (QED) is 0.675. The first-order valence-electron chi connectivity index (χ1n) is 10.9. The molecule has 0 radical (unpaired) electrons. The maximum Gasteiger partial charge on any atom is 0.253 e. The highest BCUT2D eigenvalue weighted by atomic mass is 16.2. The summed E-state index contributed by atoms with van der Waals surface area (Å²) in [5, 5.41) is 5.13. The first kappa shape index (κ1) is 20.5. The fourth-order valence-corrected chi connectivity index (χ4v) is 4.43. The van der Waals surface area contributed by atoms with Crippen molar-refractivity contribution in [2.75, 3.05) is 32.1 Å². The number of piperidine rings is 1. The molecule has 30 heavy (non-hydrogen) atoms. The number of anilines is 1. The number of nitrogens with zero attached hydrogens (tertiary/aromatic N) is 3. The molecule has 1 saturated heterocycles. The number of nitrogens with one attached hydrogen (secondary N) is 1. The number of carbonyl (C=O) groups is 1. The summed E-state index contributed by atoms with van der Waals surface area (Å²) in [6.45, 7) is 5.34. The molecule has 0 saturated carbocycles. The lowest BCUT2D eigenvalue weighted by Gasteiger charge is -2.35. The molecule has 1 fully saturated rings. The molecule has 2 aromatic carbocycles. The van der Waals surface area contributed by atoms with Crippen LogP contribution in [0.1, 0.15) is 30.1 Å². The predicted molar refractivity (Wildman–Crippen MR) is 124 cm³/mol. The number of para-hydroxylation sites is 1. The standard InChI is InChI=1S/C25H32N4O/c1-19(18-29-15-12-20-6-4-5-7-24(20)29)26-22-13-16-28(17-14-22)23-10-8-21(9-11-23)25(30)27(2)3/h4-12,15,19,22,26H,13-14,16-18H2,1-3H3/t19-/m1/s1. The van der Waals surface area contributed by atoms with Crippen molar-refractivity contribution in [2.24, 2.45) is 0 Å². The molecule has 1 amide bonds. The van der Waals surface area contributed by atoms with Gasteiger partial charge in [-0.2, -0.15) is 0 Å². The Kier molecular flexibility index (Phi) is 6.09. The number of hydrogen-bond acceptors (Lipinski definition) is 3. The van der Waals surface area contributed by atoms with Gasteiger partial charge in [0.25, 0.3) is 5.91 Å². The number of aromatic nitrogens is 1. The van der Waals surface area contributed by atoms with Gasteiger partial charge in [0, 0.05) is 68.8 Å². The molecular formula is C25H32N4O. The van der Waals surface area contributed by atoms with E-state index in [2.05, 4.69) is 70.4 Å². The second kappa shape index (κ2) is 8.92. The zero-order valence-corrected chi connectivity index (χ0v) is 18.2. The normalized spacial score (nSPS) is 16.0. The number of fused-ring (bicyclic) bond motifs is 1. The van der Waals surface area contributed by atoms with Gasteiger partial charge in [-0.3, -0.25) is 4.79 Å². The Morgan fingerprint density at radius 3 is 2.47 bits per heavy atom. The van der Waals surface area contributed by atoms with Crippen LogP contribution in [-0.2, 0) is 6.54 Å². The maximum atomic E-state index is 12.1.